The molecule has 3 aromatic rings. The van der Waals surface area contributed by atoms with E-state index in [1.54, 1.807) is 6.07 Å². The summed E-state index contributed by atoms with van der Waals surface area (Å²) in [6.45, 7) is -0.291. The number of rotatable bonds is 7. The highest BCUT2D eigenvalue weighted by Gasteiger charge is 2.37. The average molecular weight is 480 g/mol. The van der Waals surface area contributed by atoms with Crippen molar-refractivity contribution >= 4 is 21.6 Å². The van der Waals surface area contributed by atoms with Crippen molar-refractivity contribution in [2.75, 3.05) is 6.61 Å². The summed E-state index contributed by atoms with van der Waals surface area (Å²) >= 11 is 5.94. The van der Waals surface area contributed by atoms with E-state index >= 15 is 4.39 Å². The summed E-state index contributed by atoms with van der Waals surface area (Å²) in [6.07, 6.45) is 4.23. The smallest absolute Gasteiger partial charge is 0.243 e. The van der Waals surface area contributed by atoms with E-state index in [1.165, 1.54) is 40.7 Å². The van der Waals surface area contributed by atoms with Crippen molar-refractivity contribution in [2.24, 2.45) is 5.92 Å². The van der Waals surface area contributed by atoms with Crippen molar-refractivity contribution in [2.45, 2.75) is 43.2 Å². The molecule has 2 atom stereocenters. The molecular formula is C22H23ClFN3O4S. The number of aromatic nitrogens is 2. The third-order valence-corrected chi connectivity index (χ3v) is 8.03. The van der Waals surface area contributed by atoms with E-state index < -0.39 is 21.9 Å². The number of hydrogen-bond donors (Lipinski definition) is 1. The van der Waals surface area contributed by atoms with Crippen LogP contribution in [0.5, 0.6) is 0 Å². The summed E-state index contributed by atoms with van der Waals surface area (Å²) in [5.74, 6) is -0.541. The van der Waals surface area contributed by atoms with Crippen molar-refractivity contribution in [1.29, 1.82) is 0 Å². The van der Waals surface area contributed by atoms with Gasteiger partial charge in [-0.05, 0) is 49.1 Å². The Morgan fingerprint density at radius 3 is 2.56 bits per heavy atom. The molecule has 0 amide bonds. The van der Waals surface area contributed by atoms with E-state index in [9.17, 15) is 13.5 Å². The van der Waals surface area contributed by atoms with Gasteiger partial charge < -0.3 is 9.63 Å². The maximum absolute atomic E-state index is 15.0. The van der Waals surface area contributed by atoms with Crippen LogP contribution in [0, 0.1) is 11.7 Å². The first-order chi connectivity index (χ1) is 15.4. The second-order valence-electron chi connectivity index (χ2n) is 7.86. The largest absolute Gasteiger partial charge is 0.396 e. The maximum atomic E-state index is 15.0. The van der Waals surface area contributed by atoms with Crippen molar-refractivity contribution in [3.8, 4) is 11.4 Å². The predicted octanol–water partition coefficient (Wildman–Crippen LogP) is 4.27. The quantitative estimate of drug-likeness (QED) is 0.543. The fourth-order valence-electron chi connectivity index (χ4n) is 4.18. The van der Waals surface area contributed by atoms with E-state index in [4.69, 9.17) is 16.1 Å². The molecule has 1 fully saturated rings. The van der Waals surface area contributed by atoms with E-state index in [0.29, 0.717) is 23.4 Å². The normalized spacial score (nSPS) is 19.4. The number of halogens is 2. The second-order valence-corrected chi connectivity index (χ2v) is 10.2. The van der Waals surface area contributed by atoms with E-state index in [1.807, 2.05) is 0 Å². The zero-order valence-electron chi connectivity index (χ0n) is 17.2. The molecule has 1 aliphatic rings. The van der Waals surface area contributed by atoms with Gasteiger partial charge in [0, 0.05) is 35.3 Å². The zero-order valence-corrected chi connectivity index (χ0v) is 18.8. The fraction of sp³-hybridized carbons (Fsp3) is 0.364. The molecule has 0 unspecified atom stereocenters. The zero-order chi connectivity index (χ0) is 22.7. The van der Waals surface area contributed by atoms with Gasteiger partial charge in [-0.15, -0.1) is 0 Å². The summed E-state index contributed by atoms with van der Waals surface area (Å²) in [5, 5.41) is 14.0. The molecule has 1 saturated carbocycles. The number of sulfonamides is 1. The molecule has 1 N–H and O–H groups in total. The van der Waals surface area contributed by atoms with Gasteiger partial charge in [0.15, 0.2) is 0 Å². The highest BCUT2D eigenvalue weighted by molar-refractivity contribution is 7.89. The first-order valence-electron chi connectivity index (χ1n) is 10.3. The number of nitrogens with zero attached hydrogens (tertiary/aromatic N) is 3. The number of aliphatic hydroxyl groups excluding tert-OH is 1. The van der Waals surface area contributed by atoms with Crippen LogP contribution in [0.2, 0.25) is 5.02 Å². The van der Waals surface area contributed by atoms with Crippen LogP contribution in [0.4, 0.5) is 4.39 Å². The molecule has 0 saturated heterocycles. The van der Waals surface area contributed by atoms with Gasteiger partial charge in [0.25, 0.3) is 0 Å². The fourth-order valence-corrected chi connectivity index (χ4v) is 6.00. The van der Waals surface area contributed by atoms with Gasteiger partial charge in [0.1, 0.15) is 5.82 Å². The highest BCUT2D eigenvalue weighted by atomic mass is 35.5. The SMILES string of the molecule is O=S(=O)(c1ccc(Cl)cc1)N(Cc1ccc(-c2ncon2)cc1F)[C@@H]1CCCC[C@H]1CO. The Labute approximate surface area is 190 Å². The van der Waals surface area contributed by atoms with Gasteiger partial charge >= 0.3 is 0 Å². The summed E-state index contributed by atoms with van der Waals surface area (Å²) < 4.78 is 48.3. The Balaban J connectivity index is 1.72. The summed E-state index contributed by atoms with van der Waals surface area (Å²) in [4.78, 5) is 3.99. The van der Waals surface area contributed by atoms with Crippen LogP contribution in [0.1, 0.15) is 31.2 Å². The molecule has 0 radical (unpaired) electrons. The number of hydrogen-bond acceptors (Lipinski definition) is 6. The second kappa shape index (κ2) is 9.66. The van der Waals surface area contributed by atoms with E-state index in [-0.39, 0.29) is 35.4 Å². The Hall–Kier alpha value is -2.33. The minimum atomic E-state index is -3.97. The molecule has 0 bridgehead atoms. The highest BCUT2D eigenvalue weighted by Crippen LogP contribution is 2.34. The Morgan fingerprint density at radius 2 is 1.91 bits per heavy atom. The average Bonchev–Trinajstić information content (AvgIpc) is 3.33. The van der Waals surface area contributed by atoms with Crippen molar-refractivity contribution in [3.63, 3.8) is 0 Å². The Morgan fingerprint density at radius 1 is 1.16 bits per heavy atom. The molecule has 10 heteroatoms. The first kappa shape index (κ1) is 22.8. The molecule has 170 valence electrons. The van der Waals surface area contributed by atoms with Crippen LogP contribution in [0.3, 0.4) is 0 Å². The third kappa shape index (κ3) is 4.71. The van der Waals surface area contributed by atoms with Crippen LogP contribution in [0.15, 0.2) is 58.3 Å². The molecule has 1 aliphatic carbocycles. The lowest BCUT2D eigenvalue weighted by molar-refractivity contribution is 0.109. The first-order valence-corrected chi connectivity index (χ1v) is 12.2. The van der Waals surface area contributed by atoms with Gasteiger partial charge in [-0.3, -0.25) is 0 Å². The Kier molecular flexibility index (Phi) is 6.90. The lowest BCUT2D eigenvalue weighted by Crippen LogP contribution is -2.46. The molecule has 2 aromatic carbocycles. The van der Waals surface area contributed by atoms with Crippen LogP contribution in [-0.4, -0.2) is 40.6 Å². The summed E-state index contributed by atoms with van der Waals surface area (Å²) in [7, 11) is -3.97. The lowest BCUT2D eigenvalue weighted by atomic mass is 9.85. The van der Waals surface area contributed by atoms with Crippen molar-refractivity contribution < 1.29 is 22.4 Å². The van der Waals surface area contributed by atoms with Gasteiger partial charge in [-0.25, -0.2) is 12.8 Å². The minimum absolute atomic E-state index is 0.0768. The molecule has 7 nitrogen and oxygen atoms in total. The van der Waals surface area contributed by atoms with Gasteiger partial charge in [-0.1, -0.05) is 41.7 Å². The number of aliphatic hydroxyl groups is 1. The number of benzene rings is 2. The van der Waals surface area contributed by atoms with E-state index in [0.717, 1.165) is 19.2 Å². The molecular weight excluding hydrogens is 457 g/mol. The minimum Gasteiger partial charge on any atom is -0.396 e. The monoisotopic (exact) mass is 479 g/mol. The van der Waals surface area contributed by atoms with Crippen LogP contribution >= 0.6 is 11.6 Å². The van der Waals surface area contributed by atoms with Crippen molar-refractivity contribution in [1.82, 2.24) is 14.4 Å². The standard InChI is InChI=1S/C22H23ClFN3O4S/c23-18-7-9-19(10-8-18)32(29,30)27(21-4-2-1-3-17(21)13-28)12-16-6-5-15(11-20(16)24)22-25-14-31-26-22/h5-11,14,17,21,28H,1-4,12-13H2/t17-,21+/m0/s1. The third-order valence-electron chi connectivity index (χ3n) is 5.89. The maximum Gasteiger partial charge on any atom is 0.243 e. The predicted molar refractivity (Wildman–Crippen MR) is 117 cm³/mol. The summed E-state index contributed by atoms with van der Waals surface area (Å²) in [6, 6.07) is 9.88. The molecule has 0 aliphatic heterocycles. The van der Waals surface area contributed by atoms with Crippen LogP contribution in [-0.2, 0) is 16.6 Å². The molecule has 1 heterocycles. The summed E-state index contributed by atoms with van der Waals surface area (Å²) in [5.41, 5.74) is 0.648. The topological polar surface area (TPSA) is 96.5 Å². The van der Waals surface area contributed by atoms with Gasteiger partial charge in [0.05, 0.1) is 4.90 Å². The van der Waals surface area contributed by atoms with Crippen molar-refractivity contribution in [3.05, 3.63) is 65.3 Å². The van der Waals surface area contributed by atoms with Crippen LogP contribution in [0.25, 0.3) is 11.4 Å². The van der Waals surface area contributed by atoms with Crippen LogP contribution < -0.4 is 0 Å². The Bertz CT molecular complexity index is 1160. The molecule has 4 rings (SSSR count). The van der Waals surface area contributed by atoms with Gasteiger partial charge in [0.2, 0.25) is 22.2 Å². The molecule has 1 aromatic heterocycles. The van der Waals surface area contributed by atoms with E-state index in [2.05, 4.69) is 10.1 Å². The lowest BCUT2D eigenvalue weighted by Gasteiger charge is -2.38. The van der Waals surface area contributed by atoms with Gasteiger partial charge in [-0.2, -0.15) is 9.29 Å². The molecule has 0 spiro atoms. The molecule has 32 heavy (non-hydrogen) atoms.